The summed E-state index contributed by atoms with van der Waals surface area (Å²) in [7, 11) is 4.62. The van der Waals surface area contributed by atoms with E-state index in [4.69, 9.17) is 30.5 Å². The number of carbonyl (C=O) groups excluding carboxylic acids is 1. The maximum atomic E-state index is 12.3. The van der Waals surface area contributed by atoms with Crippen LogP contribution in [0.25, 0.3) is 0 Å². The van der Waals surface area contributed by atoms with Gasteiger partial charge < -0.3 is 24.3 Å². The van der Waals surface area contributed by atoms with E-state index in [2.05, 4.69) is 5.32 Å². The Morgan fingerprint density at radius 1 is 1.08 bits per heavy atom. The molecule has 0 fully saturated rings. The van der Waals surface area contributed by atoms with Crippen molar-refractivity contribution >= 4 is 17.5 Å². The van der Waals surface area contributed by atoms with Gasteiger partial charge in [0.05, 0.1) is 21.3 Å². The second kappa shape index (κ2) is 9.20. The number of hydrogen-bond acceptors (Lipinski definition) is 5. The van der Waals surface area contributed by atoms with E-state index in [1.807, 2.05) is 0 Å². The van der Waals surface area contributed by atoms with Crippen molar-refractivity contribution in [3.63, 3.8) is 0 Å². The van der Waals surface area contributed by atoms with Gasteiger partial charge in [-0.2, -0.15) is 0 Å². The second-order valence-corrected chi connectivity index (χ2v) is 5.91. The molecule has 0 aliphatic heterocycles. The van der Waals surface area contributed by atoms with Crippen molar-refractivity contribution in [1.82, 2.24) is 5.32 Å². The fourth-order valence-corrected chi connectivity index (χ4v) is 2.55. The van der Waals surface area contributed by atoms with E-state index >= 15 is 0 Å². The molecule has 0 aliphatic rings. The van der Waals surface area contributed by atoms with E-state index in [-0.39, 0.29) is 5.91 Å². The molecule has 0 spiro atoms. The van der Waals surface area contributed by atoms with Crippen molar-refractivity contribution in [1.29, 1.82) is 0 Å². The molecule has 1 amide bonds. The number of amides is 1. The molecule has 2 rings (SSSR count). The van der Waals surface area contributed by atoms with E-state index in [9.17, 15) is 4.79 Å². The van der Waals surface area contributed by atoms with Crippen LogP contribution in [0.2, 0.25) is 5.02 Å². The van der Waals surface area contributed by atoms with Gasteiger partial charge in [-0.25, -0.2) is 0 Å². The third-order valence-corrected chi connectivity index (χ3v) is 3.90. The molecule has 7 heteroatoms. The minimum atomic E-state index is -0.671. The Balaban J connectivity index is 2.02. The molecule has 0 saturated carbocycles. The first-order chi connectivity index (χ1) is 12.5. The first kappa shape index (κ1) is 19.7. The van der Waals surface area contributed by atoms with Gasteiger partial charge in [0.1, 0.15) is 5.75 Å². The third-order valence-electron chi connectivity index (χ3n) is 3.67. The van der Waals surface area contributed by atoms with Crippen molar-refractivity contribution < 1.29 is 23.7 Å². The normalized spacial score (nSPS) is 11.4. The molecule has 0 radical (unpaired) electrons. The Kier molecular flexibility index (Phi) is 6.97. The zero-order valence-electron chi connectivity index (χ0n) is 15.2. The Morgan fingerprint density at radius 2 is 1.73 bits per heavy atom. The third kappa shape index (κ3) is 4.95. The minimum Gasteiger partial charge on any atom is -0.493 e. The molecule has 0 aromatic heterocycles. The van der Waals surface area contributed by atoms with Crippen LogP contribution in [-0.4, -0.2) is 33.3 Å². The number of nitrogens with one attached hydrogen (secondary N) is 1. The molecule has 1 unspecified atom stereocenters. The first-order valence-corrected chi connectivity index (χ1v) is 8.35. The number of ether oxygens (including phenoxy) is 4. The van der Waals surface area contributed by atoms with E-state index in [0.717, 1.165) is 5.56 Å². The zero-order valence-corrected chi connectivity index (χ0v) is 15.9. The SMILES string of the molecule is COc1cc(CNC(=O)C(C)Oc2cccc(Cl)c2)cc(OC)c1OC. The van der Waals surface area contributed by atoms with Crippen LogP contribution in [-0.2, 0) is 11.3 Å². The largest absolute Gasteiger partial charge is 0.493 e. The van der Waals surface area contributed by atoms with Gasteiger partial charge in [0, 0.05) is 11.6 Å². The van der Waals surface area contributed by atoms with E-state index in [0.29, 0.717) is 34.6 Å². The van der Waals surface area contributed by atoms with E-state index in [1.165, 1.54) is 7.11 Å². The van der Waals surface area contributed by atoms with E-state index < -0.39 is 6.10 Å². The van der Waals surface area contributed by atoms with Gasteiger partial charge in [-0.1, -0.05) is 17.7 Å². The standard InChI is InChI=1S/C19H22ClNO5/c1-12(26-15-7-5-6-14(20)10-15)19(22)21-11-13-8-16(23-2)18(25-4)17(9-13)24-3/h5-10,12H,11H2,1-4H3,(H,21,22). The summed E-state index contributed by atoms with van der Waals surface area (Å²) in [6, 6.07) is 10.5. The van der Waals surface area contributed by atoms with Gasteiger partial charge in [0.2, 0.25) is 5.75 Å². The van der Waals surface area contributed by atoms with Crippen molar-refractivity contribution in [2.45, 2.75) is 19.6 Å². The molecule has 2 aromatic carbocycles. The van der Waals surface area contributed by atoms with Gasteiger partial charge >= 0.3 is 0 Å². The molecule has 0 bridgehead atoms. The quantitative estimate of drug-likeness (QED) is 0.761. The van der Waals surface area contributed by atoms with Crippen molar-refractivity contribution in [2.75, 3.05) is 21.3 Å². The summed E-state index contributed by atoms with van der Waals surface area (Å²) >= 11 is 5.92. The highest BCUT2D eigenvalue weighted by Crippen LogP contribution is 2.38. The summed E-state index contributed by atoms with van der Waals surface area (Å²) in [6.45, 7) is 1.96. The van der Waals surface area contributed by atoms with Gasteiger partial charge in [0.25, 0.3) is 5.91 Å². The average molecular weight is 380 g/mol. The zero-order chi connectivity index (χ0) is 19.1. The Hall–Kier alpha value is -2.60. The monoisotopic (exact) mass is 379 g/mol. The molecular weight excluding hydrogens is 358 g/mol. The van der Waals surface area contributed by atoms with Crippen molar-refractivity contribution in [3.05, 3.63) is 47.0 Å². The highest BCUT2D eigenvalue weighted by molar-refractivity contribution is 6.30. The fourth-order valence-electron chi connectivity index (χ4n) is 2.37. The summed E-state index contributed by atoms with van der Waals surface area (Å²) in [5.74, 6) is 1.84. The number of benzene rings is 2. The Bertz CT molecular complexity index is 740. The van der Waals surface area contributed by atoms with Gasteiger partial charge in [0.15, 0.2) is 17.6 Å². The molecule has 2 aromatic rings. The van der Waals surface area contributed by atoms with Crippen LogP contribution in [0.4, 0.5) is 0 Å². The lowest BCUT2D eigenvalue weighted by atomic mass is 10.1. The average Bonchev–Trinajstić information content (AvgIpc) is 2.64. The van der Waals surface area contributed by atoms with Crippen LogP contribution in [0.1, 0.15) is 12.5 Å². The summed E-state index contributed by atoms with van der Waals surface area (Å²) in [5, 5.41) is 3.37. The highest BCUT2D eigenvalue weighted by atomic mass is 35.5. The molecule has 1 N–H and O–H groups in total. The van der Waals surface area contributed by atoms with Crippen molar-refractivity contribution in [3.8, 4) is 23.0 Å². The number of methoxy groups -OCH3 is 3. The first-order valence-electron chi connectivity index (χ1n) is 7.97. The molecule has 0 aliphatic carbocycles. The lowest BCUT2D eigenvalue weighted by Crippen LogP contribution is -2.35. The van der Waals surface area contributed by atoms with Gasteiger partial charge in [-0.3, -0.25) is 4.79 Å². The lowest BCUT2D eigenvalue weighted by molar-refractivity contribution is -0.127. The molecule has 140 valence electrons. The topological polar surface area (TPSA) is 66.0 Å². The Morgan fingerprint density at radius 3 is 2.27 bits per heavy atom. The van der Waals surface area contributed by atoms with Gasteiger partial charge in [-0.15, -0.1) is 0 Å². The number of rotatable bonds is 8. The lowest BCUT2D eigenvalue weighted by Gasteiger charge is -2.16. The smallest absolute Gasteiger partial charge is 0.261 e. The van der Waals surface area contributed by atoms with Gasteiger partial charge in [-0.05, 0) is 42.8 Å². The predicted octanol–water partition coefficient (Wildman–Crippen LogP) is 3.45. The molecule has 0 heterocycles. The van der Waals surface area contributed by atoms with E-state index in [1.54, 1.807) is 57.5 Å². The van der Waals surface area contributed by atoms with Crippen LogP contribution < -0.4 is 24.3 Å². The number of halogens is 1. The van der Waals surface area contributed by atoms with Crippen LogP contribution >= 0.6 is 11.6 Å². The summed E-state index contributed by atoms with van der Waals surface area (Å²) in [5.41, 5.74) is 0.808. The minimum absolute atomic E-state index is 0.251. The molecule has 26 heavy (non-hydrogen) atoms. The predicted molar refractivity (Wildman–Crippen MR) is 99.5 cm³/mol. The van der Waals surface area contributed by atoms with Crippen LogP contribution in [0.15, 0.2) is 36.4 Å². The molecule has 1 atom stereocenters. The molecule has 0 saturated heterocycles. The summed E-state index contributed by atoms with van der Waals surface area (Å²) < 4.78 is 21.5. The highest BCUT2D eigenvalue weighted by Gasteiger charge is 2.17. The second-order valence-electron chi connectivity index (χ2n) is 5.47. The van der Waals surface area contributed by atoms with Crippen LogP contribution in [0.3, 0.4) is 0 Å². The number of hydrogen-bond donors (Lipinski definition) is 1. The maximum absolute atomic E-state index is 12.3. The Labute approximate surface area is 158 Å². The van der Waals surface area contributed by atoms with Crippen LogP contribution in [0, 0.1) is 0 Å². The fraction of sp³-hybridized carbons (Fsp3) is 0.316. The summed E-state index contributed by atoms with van der Waals surface area (Å²) in [6.07, 6.45) is -0.671. The maximum Gasteiger partial charge on any atom is 0.261 e. The van der Waals surface area contributed by atoms with Crippen molar-refractivity contribution in [2.24, 2.45) is 0 Å². The number of carbonyl (C=O) groups is 1. The van der Waals surface area contributed by atoms with Crippen LogP contribution in [0.5, 0.6) is 23.0 Å². The molecule has 6 nitrogen and oxygen atoms in total. The summed E-state index contributed by atoms with van der Waals surface area (Å²) in [4.78, 5) is 12.3. The molecular formula is C19H22ClNO5.